The first kappa shape index (κ1) is 18.0. The third kappa shape index (κ3) is 2.63. The highest BCUT2D eigenvalue weighted by molar-refractivity contribution is 6.23. The van der Waals surface area contributed by atoms with E-state index >= 15 is 0 Å². The van der Waals surface area contributed by atoms with Crippen LogP contribution in [0.3, 0.4) is 0 Å². The molecule has 2 amide bonds. The van der Waals surface area contributed by atoms with E-state index in [1.165, 1.54) is 13.0 Å². The predicted octanol–water partition coefficient (Wildman–Crippen LogP) is 2.31. The van der Waals surface area contributed by atoms with Gasteiger partial charge >= 0.3 is 12.1 Å². The summed E-state index contributed by atoms with van der Waals surface area (Å²) in [6.45, 7) is 1.07. The number of esters is 1. The summed E-state index contributed by atoms with van der Waals surface area (Å²) < 4.78 is 49.9. The van der Waals surface area contributed by atoms with Gasteiger partial charge in [-0.2, -0.15) is 13.2 Å². The summed E-state index contributed by atoms with van der Waals surface area (Å²) >= 11 is 0. The number of ether oxygens (including phenoxy) is 2. The molecule has 0 N–H and O–H groups in total. The Labute approximate surface area is 152 Å². The normalized spacial score (nSPS) is 32.1. The minimum Gasteiger partial charge on any atom is -0.463 e. The van der Waals surface area contributed by atoms with Crippen LogP contribution in [-0.2, 0) is 30.0 Å². The van der Waals surface area contributed by atoms with Gasteiger partial charge in [0, 0.05) is 6.92 Å². The lowest BCUT2D eigenvalue weighted by molar-refractivity contribution is -0.153. The molecule has 3 fully saturated rings. The van der Waals surface area contributed by atoms with Crippen LogP contribution in [0.15, 0.2) is 24.3 Å². The Bertz CT molecular complexity index is 839. The van der Waals surface area contributed by atoms with Gasteiger partial charge in [0.05, 0.1) is 29.2 Å². The topological polar surface area (TPSA) is 72.9 Å². The highest BCUT2D eigenvalue weighted by Crippen LogP contribution is 2.56. The van der Waals surface area contributed by atoms with Crippen LogP contribution in [0, 0.1) is 11.8 Å². The van der Waals surface area contributed by atoms with Gasteiger partial charge in [-0.3, -0.25) is 14.4 Å². The van der Waals surface area contributed by atoms with Crippen LogP contribution in [0.5, 0.6) is 0 Å². The van der Waals surface area contributed by atoms with E-state index in [4.69, 9.17) is 9.47 Å². The second-order valence-corrected chi connectivity index (χ2v) is 7.10. The molecule has 3 aliphatic rings. The van der Waals surface area contributed by atoms with E-state index in [1.54, 1.807) is 0 Å². The molecule has 2 bridgehead atoms. The van der Waals surface area contributed by atoms with Gasteiger partial charge in [-0.1, -0.05) is 6.07 Å². The number of nitrogens with zero attached hydrogens (tertiary/aromatic N) is 1. The van der Waals surface area contributed by atoms with E-state index in [0.717, 1.165) is 23.1 Å². The van der Waals surface area contributed by atoms with Crippen LogP contribution < -0.4 is 4.90 Å². The van der Waals surface area contributed by atoms with E-state index in [0.29, 0.717) is 12.8 Å². The lowest BCUT2D eigenvalue weighted by atomic mass is 9.73. The molecule has 9 heteroatoms. The van der Waals surface area contributed by atoms with Crippen molar-refractivity contribution >= 4 is 23.5 Å². The van der Waals surface area contributed by atoms with E-state index in [2.05, 4.69) is 0 Å². The van der Waals surface area contributed by atoms with Gasteiger partial charge in [-0.05, 0) is 31.0 Å². The number of imide groups is 1. The van der Waals surface area contributed by atoms with Crippen LogP contribution in [0.25, 0.3) is 0 Å². The Morgan fingerprint density at radius 3 is 2.74 bits per heavy atom. The van der Waals surface area contributed by atoms with E-state index in [9.17, 15) is 27.6 Å². The van der Waals surface area contributed by atoms with Crippen molar-refractivity contribution in [1.82, 2.24) is 0 Å². The Morgan fingerprint density at radius 1 is 1.33 bits per heavy atom. The highest BCUT2D eigenvalue weighted by Gasteiger charge is 2.70. The Kier molecular flexibility index (Phi) is 3.85. The number of fused-ring (bicyclic) bond motifs is 5. The first-order valence-electron chi connectivity index (χ1n) is 8.50. The molecule has 4 rings (SSSR count). The lowest BCUT2D eigenvalue weighted by Crippen LogP contribution is -2.45. The molecule has 4 atom stereocenters. The Hall–Kier alpha value is -2.42. The number of alkyl halides is 3. The summed E-state index contributed by atoms with van der Waals surface area (Å²) in [5, 5.41) is 0. The molecular weight excluding hydrogens is 367 g/mol. The predicted molar refractivity (Wildman–Crippen MR) is 84.4 cm³/mol. The fraction of sp³-hybridized carbons (Fsp3) is 0.500. The van der Waals surface area contributed by atoms with Gasteiger partial charge in [-0.15, -0.1) is 0 Å². The second kappa shape index (κ2) is 5.79. The zero-order valence-corrected chi connectivity index (χ0v) is 14.3. The monoisotopic (exact) mass is 383 g/mol. The molecular formula is C18H16F3NO5. The number of anilines is 1. The second-order valence-electron chi connectivity index (χ2n) is 7.10. The molecule has 0 saturated carbocycles. The van der Waals surface area contributed by atoms with Crippen LogP contribution in [-0.4, -0.2) is 36.1 Å². The van der Waals surface area contributed by atoms with E-state index in [-0.39, 0.29) is 12.3 Å². The van der Waals surface area contributed by atoms with Crippen LogP contribution in [0.4, 0.5) is 18.9 Å². The maximum Gasteiger partial charge on any atom is 0.416 e. The summed E-state index contributed by atoms with van der Waals surface area (Å²) in [5.74, 6) is -3.35. The molecule has 1 aromatic rings. The van der Waals surface area contributed by atoms with Crippen molar-refractivity contribution in [2.45, 2.75) is 37.6 Å². The minimum atomic E-state index is -4.59. The summed E-state index contributed by atoms with van der Waals surface area (Å²) in [4.78, 5) is 37.9. The number of hydrogen-bond donors (Lipinski definition) is 0. The third-order valence-electron chi connectivity index (χ3n) is 5.51. The summed E-state index contributed by atoms with van der Waals surface area (Å²) in [6, 6.07) is 4.13. The average molecular weight is 383 g/mol. The van der Waals surface area contributed by atoms with Gasteiger partial charge in [-0.25, -0.2) is 4.90 Å². The first-order chi connectivity index (χ1) is 12.6. The lowest BCUT2D eigenvalue weighted by Gasteiger charge is -2.30. The van der Waals surface area contributed by atoms with Gasteiger partial charge < -0.3 is 9.47 Å². The molecule has 2 unspecified atom stereocenters. The van der Waals surface area contributed by atoms with Crippen molar-refractivity contribution < 1.29 is 37.0 Å². The number of halogens is 3. The van der Waals surface area contributed by atoms with Crippen molar-refractivity contribution in [3.63, 3.8) is 0 Å². The number of hydrogen-bond acceptors (Lipinski definition) is 5. The zero-order chi connectivity index (χ0) is 19.6. The van der Waals surface area contributed by atoms with E-state index < -0.39 is 53.1 Å². The fourth-order valence-corrected chi connectivity index (χ4v) is 4.40. The summed E-state index contributed by atoms with van der Waals surface area (Å²) in [7, 11) is 0. The van der Waals surface area contributed by atoms with Crippen LogP contribution >= 0.6 is 0 Å². The zero-order valence-electron chi connectivity index (χ0n) is 14.3. The van der Waals surface area contributed by atoms with Gasteiger partial charge in [0.1, 0.15) is 12.2 Å². The SMILES string of the molecule is CC(=O)OCC12CCC(O1)[C@H]1C(=O)N(c3cccc(C(F)(F)F)c3)C(=O)[C@H]12. The fourth-order valence-electron chi connectivity index (χ4n) is 4.40. The molecule has 0 aliphatic carbocycles. The molecule has 0 spiro atoms. The molecule has 27 heavy (non-hydrogen) atoms. The maximum absolute atomic E-state index is 13.0. The van der Waals surface area contributed by atoms with Gasteiger partial charge in [0.2, 0.25) is 11.8 Å². The van der Waals surface area contributed by atoms with Crippen LogP contribution in [0.2, 0.25) is 0 Å². The number of amides is 2. The molecule has 6 nitrogen and oxygen atoms in total. The van der Waals surface area contributed by atoms with Crippen molar-refractivity contribution in [2.24, 2.45) is 11.8 Å². The largest absolute Gasteiger partial charge is 0.463 e. The number of carbonyl (C=O) groups excluding carboxylic acids is 3. The standard InChI is InChI=1S/C18H16F3NO5/c1-9(23)26-8-17-6-5-12(27-17)13-14(17)16(25)22(15(13)24)11-4-2-3-10(7-11)18(19,20)21/h2-4,7,12-14H,5-6,8H2,1H3/t12?,13-,14+,17?/m1/s1. The summed E-state index contributed by atoms with van der Waals surface area (Å²) in [5.41, 5.74) is -2.15. The number of carbonyl (C=O) groups is 3. The van der Waals surface area contributed by atoms with Crippen LogP contribution in [0.1, 0.15) is 25.3 Å². The van der Waals surface area contributed by atoms with Crippen molar-refractivity contribution in [3.8, 4) is 0 Å². The quantitative estimate of drug-likeness (QED) is 0.592. The Morgan fingerprint density at radius 2 is 2.07 bits per heavy atom. The van der Waals surface area contributed by atoms with Gasteiger partial charge in [0.15, 0.2) is 0 Å². The van der Waals surface area contributed by atoms with E-state index in [1.807, 2.05) is 0 Å². The number of benzene rings is 1. The summed E-state index contributed by atoms with van der Waals surface area (Å²) in [6.07, 6.45) is -4.12. The Balaban J connectivity index is 1.68. The first-order valence-corrected chi connectivity index (χ1v) is 8.50. The average Bonchev–Trinajstić information content (AvgIpc) is 3.23. The maximum atomic E-state index is 13.0. The molecule has 3 saturated heterocycles. The molecule has 0 radical (unpaired) electrons. The van der Waals surface area contributed by atoms with Crippen molar-refractivity contribution in [1.29, 1.82) is 0 Å². The molecule has 0 aromatic heterocycles. The molecule has 3 heterocycles. The molecule has 1 aromatic carbocycles. The molecule has 144 valence electrons. The number of rotatable bonds is 3. The van der Waals surface area contributed by atoms with Crippen molar-refractivity contribution in [3.05, 3.63) is 29.8 Å². The minimum absolute atomic E-state index is 0.115. The smallest absolute Gasteiger partial charge is 0.416 e. The third-order valence-corrected chi connectivity index (χ3v) is 5.51. The molecule has 3 aliphatic heterocycles. The van der Waals surface area contributed by atoms with Crippen molar-refractivity contribution in [2.75, 3.05) is 11.5 Å². The van der Waals surface area contributed by atoms with Gasteiger partial charge in [0.25, 0.3) is 0 Å². The highest BCUT2D eigenvalue weighted by atomic mass is 19.4.